The second-order valence-corrected chi connectivity index (χ2v) is 7.56. The van der Waals surface area contributed by atoms with Crippen LogP contribution in [0.1, 0.15) is 44.6 Å². The molecule has 3 atom stereocenters. The van der Waals surface area contributed by atoms with Crippen LogP contribution >= 0.6 is 0 Å². The van der Waals surface area contributed by atoms with Gasteiger partial charge >= 0.3 is 0 Å². The lowest BCUT2D eigenvalue weighted by Gasteiger charge is -2.38. The van der Waals surface area contributed by atoms with E-state index in [4.69, 9.17) is 9.83 Å². The number of rotatable bonds is 1. The van der Waals surface area contributed by atoms with E-state index in [2.05, 4.69) is 36.3 Å². The summed E-state index contributed by atoms with van der Waals surface area (Å²) in [4.78, 5) is 11.4. The van der Waals surface area contributed by atoms with Crippen LogP contribution in [0.5, 0.6) is 0 Å². The smallest absolute Gasteiger partial charge is 0.242 e. The van der Waals surface area contributed by atoms with Crippen LogP contribution in [0, 0.1) is 17.8 Å². The summed E-state index contributed by atoms with van der Waals surface area (Å²) in [7, 11) is 0. The summed E-state index contributed by atoms with van der Waals surface area (Å²) in [6.45, 7) is 2.30. The van der Waals surface area contributed by atoms with Crippen molar-refractivity contribution in [2.45, 2.75) is 50.7 Å². The third-order valence-corrected chi connectivity index (χ3v) is 6.20. The maximum atomic E-state index is 6.30. The molecule has 2 saturated carbocycles. The lowest BCUT2D eigenvalue weighted by Crippen LogP contribution is -2.48. The monoisotopic (exact) mass is 282 g/mol. The van der Waals surface area contributed by atoms with Crippen molar-refractivity contribution >= 4 is 5.90 Å². The van der Waals surface area contributed by atoms with Crippen LogP contribution < -0.4 is 0 Å². The Morgan fingerprint density at radius 1 is 1.05 bits per heavy atom. The summed E-state index contributed by atoms with van der Waals surface area (Å²) in [6, 6.07) is 10.9. The quantitative estimate of drug-likeness (QED) is 0.786. The van der Waals surface area contributed by atoms with Gasteiger partial charge in [-0.2, -0.15) is 0 Å². The summed E-state index contributed by atoms with van der Waals surface area (Å²) >= 11 is 0. The molecule has 0 aromatic heterocycles. The zero-order valence-corrected chi connectivity index (χ0v) is 12.5. The molecular weight excluding hydrogens is 260 g/mol. The van der Waals surface area contributed by atoms with Crippen molar-refractivity contribution < 1.29 is 4.84 Å². The normalized spacial score (nSPS) is 44.1. The SMILES string of the molecule is CC12N=C(c3ccccc3)ON1C1CC3CC(C1)CC2C3. The second-order valence-electron chi connectivity index (χ2n) is 7.56. The molecule has 4 fully saturated rings. The number of hydrogen-bond donors (Lipinski definition) is 0. The number of hydroxylamine groups is 2. The van der Waals surface area contributed by atoms with Gasteiger partial charge in [-0.25, -0.2) is 4.99 Å². The first-order valence-electron chi connectivity index (χ1n) is 8.35. The Bertz CT molecular complexity index is 584. The predicted molar refractivity (Wildman–Crippen MR) is 81.7 cm³/mol. The summed E-state index contributed by atoms with van der Waals surface area (Å²) < 4.78 is 0. The molecule has 0 N–H and O–H groups in total. The van der Waals surface area contributed by atoms with Crippen LogP contribution in [-0.2, 0) is 4.84 Å². The van der Waals surface area contributed by atoms with E-state index in [0.29, 0.717) is 12.0 Å². The third kappa shape index (κ3) is 1.67. The van der Waals surface area contributed by atoms with E-state index in [1.54, 1.807) is 0 Å². The zero-order valence-electron chi connectivity index (χ0n) is 12.5. The van der Waals surface area contributed by atoms with Gasteiger partial charge in [-0.1, -0.05) is 18.2 Å². The van der Waals surface area contributed by atoms with E-state index >= 15 is 0 Å². The fourth-order valence-corrected chi connectivity index (χ4v) is 5.33. The fourth-order valence-electron chi connectivity index (χ4n) is 5.33. The van der Waals surface area contributed by atoms with Crippen molar-refractivity contribution in [1.29, 1.82) is 0 Å². The summed E-state index contributed by atoms with van der Waals surface area (Å²) in [6.07, 6.45) is 6.75. The number of nitrogens with zero attached hydrogens (tertiary/aromatic N) is 2. The first kappa shape index (κ1) is 12.2. The molecule has 0 amide bonds. The molecule has 3 heteroatoms. The fraction of sp³-hybridized carbons (Fsp3) is 0.611. The van der Waals surface area contributed by atoms with Gasteiger partial charge in [0.2, 0.25) is 5.90 Å². The largest absolute Gasteiger partial charge is 0.383 e. The number of hydrogen-bond acceptors (Lipinski definition) is 3. The zero-order chi connectivity index (χ0) is 14.0. The summed E-state index contributed by atoms with van der Waals surface area (Å²) in [5.41, 5.74) is 0.967. The molecule has 110 valence electrons. The topological polar surface area (TPSA) is 24.8 Å². The van der Waals surface area contributed by atoms with Crippen LogP contribution in [0.2, 0.25) is 0 Å². The van der Waals surface area contributed by atoms with E-state index in [9.17, 15) is 0 Å². The third-order valence-electron chi connectivity index (χ3n) is 6.20. The van der Waals surface area contributed by atoms with Crippen LogP contribution in [0.3, 0.4) is 0 Å². The maximum absolute atomic E-state index is 6.30. The molecule has 5 aliphatic rings. The van der Waals surface area contributed by atoms with E-state index < -0.39 is 0 Å². The summed E-state index contributed by atoms with van der Waals surface area (Å²) in [5.74, 6) is 3.31. The Morgan fingerprint density at radius 3 is 2.48 bits per heavy atom. The molecule has 21 heavy (non-hydrogen) atoms. The Morgan fingerprint density at radius 2 is 1.76 bits per heavy atom. The molecule has 2 aliphatic carbocycles. The number of aliphatic imine (C=N–C) groups is 1. The van der Waals surface area contributed by atoms with Gasteiger partial charge in [0.05, 0.1) is 0 Å². The van der Waals surface area contributed by atoms with E-state index in [1.807, 2.05) is 6.07 Å². The molecule has 3 aliphatic heterocycles. The van der Waals surface area contributed by atoms with Gasteiger partial charge < -0.3 is 4.84 Å². The van der Waals surface area contributed by atoms with Crippen LogP contribution in [-0.4, -0.2) is 22.7 Å². The molecule has 1 aromatic carbocycles. The molecule has 2 saturated heterocycles. The van der Waals surface area contributed by atoms with Gasteiger partial charge in [-0.15, -0.1) is 5.06 Å². The molecule has 0 radical (unpaired) electrons. The first-order valence-corrected chi connectivity index (χ1v) is 8.35. The van der Waals surface area contributed by atoms with Gasteiger partial charge in [0.25, 0.3) is 0 Å². The summed E-state index contributed by atoms with van der Waals surface area (Å²) in [5, 5.41) is 2.28. The predicted octanol–water partition coefficient (Wildman–Crippen LogP) is 3.61. The van der Waals surface area contributed by atoms with E-state index in [-0.39, 0.29) is 5.66 Å². The van der Waals surface area contributed by atoms with Crippen LogP contribution in [0.4, 0.5) is 0 Å². The Labute approximate surface area is 126 Å². The molecule has 3 heterocycles. The minimum absolute atomic E-state index is 0.139. The lowest BCUT2D eigenvalue weighted by atomic mass is 9.66. The minimum Gasteiger partial charge on any atom is -0.383 e. The number of benzene rings is 1. The van der Waals surface area contributed by atoms with Crippen LogP contribution in [0.25, 0.3) is 0 Å². The molecule has 4 bridgehead atoms. The van der Waals surface area contributed by atoms with Gasteiger partial charge in [0.15, 0.2) is 5.66 Å². The lowest BCUT2D eigenvalue weighted by molar-refractivity contribution is -0.164. The Kier molecular flexibility index (Phi) is 2.38. The average Bonchev–Trinajstić information content (AvgIpc) is 2.81. The van der Waals surface area contributed by atoms with Gasteiger partial charge in [0, 0.05) is 17.5 Å². The van der Waals surface area contributed by atoms with Crippen molar-refractivity contribution in [2.75, 3.05) is 0 Å². The molecule has 6 rings (SSSR count). The second kappa shape index (κ2) is 4.10. The highest BCUT2D eigenvalue weighted by Crippen LogP contribution is 2.55. The van der Waals surface area contributed by atoms with E-state index in [0.717, 1.165) is 23.3 Å². The first-order chi connectivity index (χ1) is 10.2. The Balaban J connectivity index is 1.58. The van der Waals surface area contributed by atoms with Crippen molar-refractivity contribution in [3.8, 4) is 0 Å². The minimum atomic E-state index is -0.139. The molecule has 1 aromatic rings. The van der Waals surface area contributed by atoms with Crippen molar-refractivity contribution in [1.82, 2.24) is 5.06 Å². The standard InChI is InChI=1S/C18H22N2O/c1-18-15-8-12-7-13(9-15)11-16(10-12)20(18)21-17(19-18)14-5-3-2-4-6-14/h2-6,12-13,15-16H,7-11H2,1H3. The molecule has 3 unspecified atom stereocenters. The highest BCUT2D eigenvalue weighted by molar-refractivity contribution is 5.95. The average molecular weight is 282 g/mol. The van der Waals surface area contributed by atoms with Gasteiger partial charge in [0.1, 0.15) is 0 Å². The van der Waals surface area contributed by atoms with Crippen molar-refractivity contribution in [2.24, 2.45) is 22.7 Å². The highest BCUT2D eigenvalue weighted by Gasteiger charge is 2.57. The van der Waals surface area contributed by atoms with Crippen LogP contribution in [0.15, 0.2) is 35.3 Å². The van der Waals surface area contributed by atoms with Crippen molar-refractivity contribution in [3.05, 3.63) is 35.9 Å². The molecule has 3 nitrogen and oxygen atoms in total. The van der Waals surface area contributed by atoms with Crippen molar-refractivity contribution in [3.63, 3.8) is 0 Å². The highest BCUT2D eigenvalue weighted by atomic mass is 16.7. The van der Waals surface area contributed by atoms with Gasteiger partial charge in [-0.05, 0) is 63.0 Å². The van der Waals surface area contributed by atoms with Gasteiger partial charge in [-0.3, -0.25) is 0 Å². The molecular formula is C18H22N2O. The maximum Gasteiger partial charge on any atom is 0.242 e. The molecule has 0 spiro atoms. The Hall–Kier alpha value is -1.35. The van der Waals surface area contributed by atoms with E-state index in [1.165, 1.54) is 32.1 Å².